The van der Waals surface area contributed by atoms with Crippen LogP contribution in [0.25, 0.3) is 94.4 Å². The van der Waals surface area contributed by atoms with Gasteiger partial charge in [0.1, 0.15) is 5.82 Å². The highest BCUT2D eigenvalue weighted by Gasteiger charge is 2.42. The minimum Gasteiger partial charge on any atom is -0.309 e. The molecule has 0 amide bonds. The molecule has 2 aromatic heterocycles. The average Bonchev–Trinajstić information content (AvgIpc) is 3.82. The van der Waals surface area contributed by atoms with E-state index in [1.165, 1.54) is 0 Å². The van der Waals surface area contributed by atoms with Crippen LogP contribution in [0.2, 0.25) is 0 Å². The van der Waals surface area contributed by atoms with E-state index < -0.39 is 7.14 Å². The number of aromatic nitrogens is 3. The first-order valence-electron chi connectivity index (χ1n) is 20.6. The predicted octanol–water partition coefficient (Wildman–Crippen LogP) is 13.0. The van der Waals surface area contributed by atoms with Gasteiger partial charge in [0.25, 0.3) is 0 Å². The van der Waals surface area contributed by atoms with Crippen molar-refractivity contribution in [2.75, 3.05) is 0 Å². The van der Waals surface area contributed by atoms with Crippen LogP contribution < -0.4 is 15.9 Å². The highest BCUT2D eigenvalue weighted by atomic mass is 31.2. The quantitative estimate of drug-likeness (QED) is 0.157. The number of hydrogen-bond acceptors (Lipinski definition) is 3. The normalized spacial score (nSPS) is 14.4. The van der Waals surface area contributed by atoms with Crippen LogP contribution in [-0.4, -0.2) is 14.5 Å². The first-order valence-corrected chi connectivity index (χ1v) is 22.3. The number of rotatable bonds is 6. The molecule has 1 atom stereocenters. The van der Waals surface area contributed by atoms with Crippen molar-refractivity contribution < 1.29 is 4.57 Å². The van der Waals surface area contributed by atoms with Crippen LogP contribution >= 0.6 is 7.14 Å². The first-order chi connectivity index (χ1) is 30.1. The fraction of sp³-hybridized carbons (Fsp3) is 0. The van der Waals surface area contributed by atoms with Gasteiger partial charge in [-0.05, 0) is 50.7 Å². The molecule has 286 valence electrons. The van der Waals surface area contributed by atoms with E-state index in [9.17, 15) is 0 Å². The van der Waals surface area contributed by atoms with Crippen molar-refractivity contribution >= 4 is 55.6 Å². The second-order valence-electron chi connectivity index (χ2n) is 15.7. The van der Waals surface area contributed by atoms with E-state index >= 15 is 4.57 Å². The maximum atomic E-state index is 15.9. The molecule has 61 heavy (non-hydrogen) atoms. The van der Waals surface area contributed by atoms with Gasteiger partial charge in [-0.3, -0.25) is 4.57 Å². The molecular formula is C56H36N3OP. The third-order valence-electron chi connectivity index (χ3n) is 12.2. The Morgan fingerprint density at radius 2 is 1.00 bits per heavy atom. The summed E-state index contributed by atoms with van der Waals surface area (Å²) in [6.45, 7) is 0. The minimum atomic E-state index is -3.23. The number of benzene rings is 9. The topological polar surface area (TPSA) is 47.8 Å². The van der Waals surface area contributed by atoms with Gasteiger partial charge >= 0.3 is 0 Å². The lowest BCUT2D eigenvalue weighted by Crippen LogP contribution is -2.20. The highest BCUT2D eigenvalue weighted by Crippen LogP contribution is 2.55. The van der Waals surface area contributed by atoms with E-state index in [-0.39, 0.29) is 0 Å². The zero-order chi connectivity index (χ0) is 40.5. The van der Waals surface area contributed by atoms with Gasteiger partial charge in [-0.15, -0.1) is 0 Å². The maximum Gasteiger partial charge on any atom is 0.172 e. The molecule has 0 fully saturated rings. The third-order valence-corrected chi connectivity index (χ3v) is 15.4. The van der Waals surface area contributed by atoms with Crippen LogP contribution in [0.15, 0.2) is 218 Å². The standard InChI is InChI=1S/C56H36N3OP/c60-61(44-19-8-3-9-20-44)50-23-13-12-22-46(50)54-51(61)35-33-47-53-45-21-11-10-18-41(45)32-34-49(53)59(55(47)54)52-36-48(42-28-24-39(25-29-42)37-14-4-1-5-15-37)57-56(58-52)43-30-26-40(27-31-43)38-16-6-2-7-17-38/h1-36H. The molecule has 0 N–H and O–H groups in total. The molecule has 0 spiro atoms. The van der Waals surface area contributed by atoms with E-state index in [2.05, 4.69) is 174 Å². The summed E-state index contributed by atoms with van der Waals surface area (Å²) in [7, 11) is -3.23. The third kappa shape index (κ3) is 5.57. The Labute approximate surface area is 353 Å². The molecule has 1 aliphatic rings. The van der Waals surface area contributed by atoms with Gasteiger partial charge in [-0.2, -0.15) is 0 Å². The summed E-state index contributed by atoms with van der Waals surface area (Å²) in [5, 5.41) is 7.08. The maximum absolute atomic E-state index is 15.9. The molecule has 9 aromatic carbocycles. The van der Waals surface area contributed by atoms with E-state index in [4.69, 9.17) is 9.97 Å². The van der Waals surface area contributed by atoms with E-state index in [1.807, 2.05) is 48.5 Å². The van der Waals surface area contributed by atoms with Gasteiger partial charge in [0.2, 0.25) is 0 Å². The van der Waals surface area contributed by atoms with Crippen LogP contribution in [0.3, 0.4) is 0 Å². The molecule has 4 nitrogen and oxygen atoms in total. The van der Waals surface area contributed by atoms with Gasteiger partial charge in [-0.25, -0.2) is 9.97 Å². The fourth-order valence-corrected chi connectivity index (χ4v) is 12.4. The van der Waals surface area contributed by atoms with Gasteiger partial charge in [0.05, 0.1) is 16.7 Å². The summed E-state index contributed by atoms with van der Waals surface area (Å²) < 4.78 is 18.2. The molecule has 11 aromatic rings. The van der Waals surface area contributed by atoms with Crippen molar-refractivity contribution in [2.45, 2.75) is 0 Å². The Hall–Kier alpha value is -7.65. The van der Waals surface area contributed by atoms with E-state index in [0.29, 0.717) is 5.82 Å². The predicted molar refractivity (Wildman–Crippen MR) is 254 cm³/mol. The molecule has 3 heterocycles. The van der Waals surface area contributed by atoms with Crippen LogP contribution in [-0.2, 0) is 4.57 Å². The van der Waals surface area contributed by atoms with Crippen molar-refractivity contribution in [3.8, 4) is 61.8 Å². The fourth-order valence-electron chi connectivity index (χ4n) is 9.37. The Bertz CT molecular complexity index is 3420. The molecule has 0 radical (unpaired) electrons. The van der Waals surface area contributed by atoms with E-state index in [0.717, 1.165) is 105 Å². The number of hydrogen-bond donors (Lipinski definition) is 0. The molecule has 12 rings (SSSR count). The first kappa shape index (κ1) is 35.3. The lowest BCUT2D eigenvalue weighted by molar-refractivity contribution is 0.593. The van der Waals surface area contributed by atoms with Gasteiger partial charge < -0.3 is 4.57 Å². The second-order valence-corrected chi connectivity index (χ2v) is 18.4. The van der Waals surface area contributed by atoms with Crippen molar-refractivity contribution in [1.29, 1.82) is 0 Å². The molecule has 0 saturated heterocycles. The van der Waals surface area contributed by atoms with Gasteiger partial charge in [0.15, 0.2) is 13.0 Å². The lowest BCUT2D eigenvalue weighted by Gasteiger charge is -2.16. The van der Waals surface area contributed by atoms with Crippen LogP contribution in [0.1, 0.15) is 0 Å². The average molecular weight is 798 g/mol. The lowest BCUT2D eigenvalue weighted by atomic mass is 10.00. The van der Waals surface area contributed by atoms with Crippen molar-refractivity contribution in [3.63, 3.8) is 0 Å². The van der Waals surface area contributed by atoms with Gasteiger partial charge in [-0.1, -0.05) is 200 Å². The Morgan fingerprint density at radius 1 is 0.426 bits per heavy atom. The number of nitrogens with zero attached hydrogens (tertiary/aromatic N) is 3. The number of fused-ring (bicyclic) bond motifs is 9. The largest absolute Gasteiger partial charge is 0.309 e. The second kappa shape index (κ2) is 14.0. The van der Waals surface area contributed by atoms with Crippen LogP contribution in [0.4, 0.5) is 0 Å². The van der Waals surface area contributed by atoms with Crippen molar-refractivity contribution in [2.24, 2.45) is 0 Å². The zero-order valence-electron chi connectivity index (χ0n) is 33.0. The van der Waals surface area contributed by atoms with Crippen LogP contribution in [0.5, 0.6) is 0 Å². The minimum absolute atomic E-state index is 0.623. The van der Waals surface area contributed by atoms with Crippen LogP contribution in [0, 0.1) is 0 Å². The molecular weight excluding hydrogens is 762 g/mol. The molecule has 1 aliphatic heterocycles. The molecule has 0 bridgehead atoms. The van der Waals surface area contributed by atoms with E-state index in [1.54, 1.807) is 0 Å². The summed E-state index contributed by atoms with van der Waals surface area (Å²) in [5.74, 6) is 1.36. The molecule has 0 saturated carbocycles. The molecule has 1 unspecified atom stereocenters. The summed E-state index contributed by atoms with van der Waals surface area (Å²) in [5.41, 5.74) is 11.3. The van der Waals surface area contributed by atoms with Gasteiger partial charge in [0, 0.05) is 49.4 Å². The summed E-state index contributed by atoms with van der Waals surface area (Å²) in [4.78, 5) is 10.8. The monoisotopic (exact) mass is 797 g/mol. The zero-order valence-corrected chi connectivity index (χ0v) is 33.9. The SMILES string of the molecule is O=P1(c2ccccc2)c2ccccc2-c2c1ccc1c3c4ccccc4ccc3n(-c3cc(-c4ccc(-c5ccccc5)cc4)nc(-c4ccc(-c5ccccc5)cc4)n3)c21. The smallest absolute Gasteiger partial charge is 0.172 e. The Morgan fingerprint density at radius 3 is 1.70 bits per heavy atom. The summed E-state index contributed by atoms with van der Waals surface area (Å²) >= 11 is 0. The Kier molecular flexibility index (Phi) is 8.09. The Balaban J connectivity index is 1.16. The van der Waals surface area contributed by atoms with Crippen molar-refractivity contribution in [1.82, 2.24) is 14.5 Å². The molecule has 5 heteroatoms. The summed E-state index contributed by atoms with van der Waals surface area (Å²) in [6, 6.07) is 75.7. The van der Waals surface area contributed by atoms with Crippen molar-refractivity contribution in [3.05, 3.63) is 218 Å². The summed E-state index contributed by atoms with van der Waals surface area (Å²) in [6.07, 6.45) is 0. The highest BCUT2D eigenvalue weighted by molar-refractivity contribution is 7.86. The molecule has 0 aliphatic carbocycles.